The lowest BCUT2D eigenvalue weighted by atomic mass is 10.3. The highest BCUT2D eigenvalue weighted by atomic mass is 16.3. The van der Waals surface area contributed by atoms with Crippen molar-refractivity contribution in [3.8, 4) is 0 Å². The van der Waals surface area contributed by atoms with Crippen molar-refractivity contribution < 1.29 is 9.90 Å². The van der Waals surface area contributed by atoms with E-state index in [1.165, 1.54) is 0 Å². The van der Waals surface area contributed by atoms with Gasteiger partial charge in [-0.15, -0.1) is 0 Å². The summed E-state index contributed by atoms with van der Waals surface area (Å²) in [5.74, 6) is -0.215. The number of hydrogen-bond donors (Lipinski definition) is 2. The summed E-state index contributed by atoms with van der Waals surface area (Å²) >= 11 is 0. The molecule has 2 aromatic heterocycles. The van der Waals surface area contributed by atoms with Crippen LogP contribution in [0.5, 0.6) is 0 Å². The Balaban J connectivity index is 2.46. The first-order valence-corrected chi connectivity index (χ1v) is 5.48. The van der Waals surface area contributed by atoms with Crippen LogP contribution in [0.15, 0.2) is 18.3 Å². The van der Waals surface area contributed by atoms with Crippen LogP contribution in [0.4, 0.5) is 0 Å². The van der Waals surface area contributed by atoms with E-state index in [0.717, 1.165) is 11.2 Å². The van der Waals surface area contributed by atoms with E-state index in [4.69, 9.17) is 5.11 Å². The minimum atomic E-state index is -0.215. The number of nitrogens with one attached hydrogen (secondary N) is 1. The van der Waals surface area contributed by atoms with E-state index in [-0.39, 0.29) is 19.1 Å². The Morgan fingerprint density at radius 1 is 1.53 bits per heavy atom. The highest BCUT2D eigenvalue weighted by Gasteiger charge is 2.15. The van der Waals surface area contributed by atoms with E-state index in [1.807, 2.05) is 25.3 Å². The normalized spacial score (nSPS) is 10.8. The molecule has 0 spiro atoms. The maximum atomic E-state index is 11.9. The highest BCUT2D eigenvalue weighted by Crippen LogP contribution is 2.13. The van der Waals surface area contributed by atoms with E-state index in [2.05, 4.69) is 10.3 Å². The average Bonchev–Trinajstić information content (AvgIpc) is 2.61. The molecule has 1 amide bonds. The number of carbonyl (C=O) groups is 1. The van der Waals surface area contributed by atoms with Crippen molar-refractivity contribution in [3.05, 3.63) is 35.3 Å². The zero-order chi connectivity index (χ0) is 12.4. The monoisotopic (exact) mass is 233 g/mol. The lowest BCUT2D eigenvalue weighted by Gasteiger charge is -2.04. The van der Waals surface area contributed by atoms with Crippen LogP contribution < -0.4 is 5.32 Å². The van der Waals surface area contributed by atoms with Gasteiger partial charge < -0.3 is 10.4 Å². The first-order chi connectivity index (χ1) is 8.13. The van der Waals surface area contributed by atoms with Crippen LogP contribution in [0.2, 0.25) is 0 Å². The third kappa shape index (κ3) is 2.14. The van der Waals surface area contributed by atoms with Gasteiger partial charge in [0.1, 0.15) is 11.3 Å². The molecule has 0 aromatic carbocycles. The number of aliphatic hydroxyl groups excluding tert-OH is 1. The second-order valence-electron chi connectivity index (χ2n) is 3.96. The van der Waals surface area contributed by atoms with Gasteiger partial charge in [0.2, 0.25) is 0 Å². The standard InChI is InChI=1S/C12H15N3O2/c1-8-3-5-15-10(7-8)14-9(2)11(15)12(17)13-4-6-16/h3,5,7,16H,4,6H2,1-2H3,(H,13,17). The van der Waals surface area contributed by atoms with E-state index in [1.54, 1.807) is 11.3 Å². The van der Waals surface area contributed by atoms with Crippen molar-refractivity contribution in [2.24, 2.45) is 0 Å². The fourth-order valence-electron chi connectivity index (χ4n) is 1.79. The van der Waals surface area contributed by atoms with Crippen molar-refractivity contribution in [2.75, 3.05) is 13.2 Å². The fraction of sp³-hybridized carbons (Fsp3) is 0.333. The summed E-state index contributed by atoms with van der Waals surface area (Å²) in [6.07, 6.45) is 1.83. The molecule has 0 saturated carbocycles. The average molecular weight is 233 g/mol. The number of carbonyl (C=O) groups excluding carboxylic acids is 1. The van der Waals surface area contributed by atoms with Gasteiger partial charge in [0.05, 0.1) is 12.3 Å². The van der Waals surface area contributed by atoms with Crippen LogP contribution in [0.1, 0.15) is 21.7 Å². The number of nitrogens with zero attached hydrogens (tertiary/aromatic N) is 2. The molecule has 2 N–H and O–H groups in total. The number of aliphatic hydroxyl groups is 1. The van der Waals surface area contributed by atoms with Crippen LogP contribution in [0.3, 0.4) is 0 Å². The Labute approximate surface area is 99.1 Å². The molecule has 0 fully saturated rings. The van der Waals surface area contributed by atoms with Crippen molar-refractivity contribution in [1.82, 2.24) is 14.7 Å². The van der Waals surface area contributed by atoms with Crippen molar-refractivity contribution in [2.45, 2.75) is 13.8 Å². The second kappa shape index (κ2) is 4.55. The Morgan fingerprint density at radius 3 is 3.00 bits per heavy atom. The first-order valence-electron chi connectivity index (χ1n) is 5.48. The maximum absolute atomic E-state index is 11.9. The zero-order valence-corrected chi connectivity index (χ0v) is 9.90. The molecule has 2 aromatic rings. The molecule has 90 valence electrons. The lowest BCUT2D eigenvalue weighted by molar-refractivity contribution is 0.0938. The Morgan fingerprint density at radius 2 is 2.29 bits per heavy atom. The fourth-order valence-corrected chi connectivity index (χ4v) is 1.79. The van der Waals surface area contributed by atoms with Crippen LogP contribution in [0, 0.1) is 13.8 Å². The molecule has 2 heterocycles. The van der Waals surface area contributed by atoms with Crippen LogP contribution in [-0.4, -0.2) is 33.6 Å². The number of fused-ring (bicyclic) bond motifs is 1. The number of aromatic nitrogens is 2. The van der Waals surface area contributed by atoms with Crippen LogP contribution >= 0.6 is 0 Å². The predicted molar refractivity (Wildman–Crippen MR) is 64.1 cm³/mol. The van der Waals surface area contributed by atoms with Crippen LogP contribution in [0.25, 0.3) is 5.65 Å². The Kier molecular flexibility index (Phi) is 3.10. The minimum Gasteiger partial charge on any atom is -0.395 e. The van der Waals surface area contributed by atoms with Gasteiger partial charge in [-0.25, -0.2) is 4.98 Å². The molecular weight excluding hydrogens is 218 g/mol. The van der Waals surface area contributed by atoms with Gasteiger partial charge in [-0.3, -0.25) is 9.20 Å². The molecule has 5 nitrogen and oxygen atoms in total. The number of rotatable bonds is 3. The number of hydrogen-bond acceptors (Lipinski definition) is 3. The number of imidazole rings is 1. The molecule has 0 bridgehead atoms. The number of aryl methyl sites for hydroxylation is 2. The molecule has 5 heteroatoms. The summed E-state index contributed by atoms with van der Waals surface area (Å²) in [7, 11) is 0. The van der Waals surface area contributed by atoms with E-state index >= 15 is 0 Å². The third-order valence-electron chi connectivity index (χ3n) is 2.57. The molecule has 2 rings (SSSR count). The van der Waals surface area contributed by atoms with Gasteiger partial charge in [-0.1, -0.05) is 0 Å². The molecule has 0 unspecified atom stereocenters. The van der Waals surface area contributed by atoms with Crippen molar-refractivity contribution in [3.63, 3.8) is 0 Å². The molecular formula is C12H15N3O2. The van der Waals surface area contributed by atoms with Gasteiger partial charge in [-0.05, 0) is 31.5 Å². The maximum Gasteiger partial charge on any atom is 0.270 e. The van der Waals surface area contributed by atoms with Gasteiger partial charge >= 0.3 is 0 Å². The van der Waals surface area contributed by atoms with Gasteiger partial charge in [0, 0.05) is 12.7 Å². The molecule has 0 aliphatic carbocycles. The molecule has 0 aliphatic heterocycles. The van der Waals surface area contributed by atoms with E-state index in [9.17, 15) is 4.79 Å². The Hall–Kier alpha value is -1.88. The van der Waals surface area contributed by atoms with E-state index < -0.39 is 0 Å². The number of pyridine rings is 1. The van der Waals surface area contributed by atoms with Crippen molar-refractivity contribution in [1.29, 1.82) is 0 Å². The van der Waals surface area contributed by atoms with Crippen LogP contribution in [-0.2, 0) is 0 Å². The summed E-state index contributed by atoms with van der Waals surface area (Å²) in [6.45, 7) is 3.96. The largest absolute Gasteiger partial charge is 0.395 e. The molecule has 0 atom stereocenters. The molecule has 0 saturated heterocycles. The lowest BCUT2D eigenvalue weighted by Crippen LogP contribution is -2.28. The molecule has 0 radical (unpaired) electrons. The summed E-state index contributed by atoms with van der Waals surface area (Å²) < 4.78 is 1.76. The van der Waals surface area contributed by atoms with Gasteiger partial charge in [-0.2, -0.15) is 0 Å². The van der Waals surface area contributed by atoms with E-state index in [0.29, 0.717) is 11.4 Å². The number of amides is 1. The first kappa shape index (κ1) is 11.6. The second-order valence-corrected chi connectivity index (χ2v) is 3.96. The minimum absolute atomic E-state index is 0.0688. The smallest absolute Gasteiger partial charge is 0.270 e. The third-order valence-corrected chi connectivity index (χ3v) is 2.57. The topological polar surface area (TPSA) is 66.6 Å². The highest BCUT2D eigenvalue weighted by molar-refractivity contribution is 5.94. The quantitative estimate of drug-likeness (QED) is 0.819. The molecule has 0 aliphatic rings. The van der Waals surface area contributed by atoms with Gasteiger partial charge in [0.25, 0.3) is 5.91 Å². The predicted octanol–water partition coefficient (Wildman–Crippen LogP) is 0.673. The SMILES string of the molecule is Cc1ccn2c(C(=O)NCCO)c(C)nc2c1. The summed E-state index contributed by atoms with van der Waals surface area (Å²) in [4.78, 5) is 16.2. The summed E-state index contributed by atoms with van der Waals surface area (Å²) in [5.41, 5.74) is 3.07. The zero-order valence-electron chi connectivity index (χ0n) is 9.90. The van der Waals surface area contributed by atoms with Crippen molar-refractivity contribution >= 4 is 11.6 Å². The molecule has 17 heavy (non-hydrogen) atoms. The summed E-state index contributed by atoms with van der Waals surface area (Å²) in [5, 5.41) is 11.3. The van der Waals surface area contributed by atoms with Gasteiger partial charge in [0.15, 0.2) is 0 Å². The summed E-state index contributed by atoms with van der Waals surface area (Å²) in [6, 6.07) is 3.85. The Bertz CT molecular complexity index is 560.